The van der Waals surface area contributed by atoms with Crippen LogP contribution in [0.1, 0.15) is 41.4 Å². The fourth-order valence-corrected chi connectivity index (χ4v) is 4.23. The third-order valence-electron chi connectivity index (χ3n) is 5.25. The quantitative estimate of drug-likeness (QED) is 0.397. The molecule has 8 nitrogen and oxygen atoms in total. The minimum atomic E-state index is -0.189. The zero-order valence-corrected chi connectivity index (χ0v) is 18.9. The Balaban J connectivity index is 1.25. The molecule has 0 spiro atoms. The average Bonchev–Trinajstić information content (AvgIpc) is 3.37. The largest absolute Gasteiger partial charge is 0.487 e. The molecule has 0 saturated heterocycles. The molecule has 0 unspecified atom stereocenters. The van der Waals surface area contributed by atoms with Crippen molar-refractivity contribution in [1.29, 1.82) is 0 Å². The van der Waals surface area contributed by atoms with Gasteiger partial charge in [-0.2, -0.15) is 5.10 Å². The van der Waals surface area contributed by atoms with Gasteiger partial charge in [-0.15, -0.1) is 11.3 Å². The Morgan fingerprint density at radius 1 is 1.31 bits per heavy atom. The molecular formula is C23H27N5O3S. The number of thiazole rings is 1. The highest BCUT2D eigenvalue weighted by Crippen LogP contribution is 2.21. The van der Waals surface area contributed by atoms with Crippen LogP contribution in [-0.2, 0) is 30.9 Å². The van der Waals surface area contributed by atoms with E-state index in [1.54, 1.807) is 22.0 Å². The van der Waals surface area contributed by atoms with E-state index in [2.05, 4.69) is 15.4 Å². The van der Waals surface area contributed by atoms with Crippen molar-refractivity contribution in [3.8, 4) is 5.75 Å². The maximum Gasteiger partial charge on any atom is 0.345 e. The van der Waals surface area contributed by atoms with Crippen LogP contribution in [0.2, 0.25) is 0 Å². The van der Waals surface area contributed by atoms with E-state index in [0.29, 0.717) is 31.9 Å². The number of hydrogen-bond acceptors (Lipinski definition) is 6. The summed E-state index contributed by atoms with van der Waals surface area (Å²) in [5, 5.41) is 10.3. The monoisotopic (exact) mass is 453 g/mol. The van der Waals surface area contributed by atoms with E-state index in [9.17, 15) is 9.59 Å². The number of ether oxygens (including phenoxy) is 1. The van der Waals surface area contributed by atoms with Crippen LogP contribution in [0.15, 0.2) is 40.5 Å². The molecule has 0 bridgehead atoms. The van der Waals surface area contributed by atoms with Gasteiger partial charge in [-0.1, -0.05) is 18.2 Å². The number of aromatic nitrogens is 4. The normalized spacial score (nSPS) is 13.3. The summed E-state index contributed by atoms with van der Waals surface area (Å²) in [5.74, 6) is 1.38. The fourth-order valence-electron chi connectivity index (χ4n) is 3.63. The first-order valence-electron chi connectivity index (χ1n) is 10.9. The summed E-state index contributed by atoms with van der Waals surface area (Å²) in [5.41, 5.74) is 1.67. The van der Waals surface area contributed by atoms with Gasteiger partial charge in [0.2, 0.25) is 5.91 Å². The summed E-state index contributed by atoms with van der Waals surface area (Å²) in [6, 6.07) is 7.58. The molecule has 2 aromatic heterocycles. The van der Waals surface area contributed by atoms with Gasteiger partial charge >= 0.3 is 5.69 Å². The van der Waals surface area contributed by atoms with Crippen molar-refractivity contribution in [2.75, 3.05) is 6.54 Å². The Morgan fingerprint density at radius 2 is 2.19 bits per heavy atom. The van der Waals surface area contributed by atoms with E-state index < -0.39 is 0 Å². The number of carbonyl (C=O) groups excluding carboxylic acids is 1. The molecule has 32 heavy (non-hydrogen) atoms. The molecular weight excluding hydrogens is 426 g/mol. The van der Waals surface area contributed by atoms with E-state index in [1.165, 1.54) is 10.8 Å². The number of nitrogens with zero attached hydrogens (tertiary/aromatic N) is 4. The molecule has 0 aliphatic carbocycles. The number of para-hydroxylation sites is 1. The molecule has 1 aliphatic rings. The number of aryl methyl sites for hydroxylation is 3. The molecule has 0 radical (unpaired) electrons. The topological polar surface area (TPSA) is 91.0 Å². The predicted molar refractivity (Wildman–Crippen MR) is 124 cm³/mol. The lowest BCUT2D eigenvalue weighted by molar-refractivity contribution is -0.116. The molecule has 1 aromatic carbocycles. The highest BCUT2D eigenvalue weighted by Gasteiger charge is 2.16. The first-order valence-corrected chi connectivity index (χ1v) is 11.7. The van der Waals surface area contributed by atoms with Crippen molar-refractivity contribution in [2.45, 2.75) is 52.3 Å². The van der Waals surface area contributed by atoms with Gasteiger partial charge in [0.05, 0.1) is 10.7 Å². The summed E-state index contributed by atoms with van der Waals surface area (Å²) in [6.45, 7) is 4.07. The third kappa shape index (κ3) is 5.53. The lowest BCUT2D eigenvalue weighted by atomic mass is 10.2. The van der Waals surface area contributed by atoms with Gasteiger partial charge in [-0.05, 0) is 38.3 Å². The molecule has 1 amide bonds. The predicted octanol–water partition coefficient (Wildman–Crippen LogP) is 2.94. The number of benzene rings is 1. The molecule has 0 saturated carbocycles. The number of nitrogens with one attached hydrogen (secondary N) is 1. The van der Waals surface area contributed by atoms with Crippen molar-refractivity contribution >= 4 is 23.3 Å². The third-order valence-corrected chi connectivity index (χ3v) is 6.08. The van der Waals surface area contributed by atoms with Crippen LogP contribution in [0.4, 0.5) is 0 Å². The number of amides is 1. The first kappa shape index (κ1) is 22.0. The standard InChI is InChI=1S/C23H27N5O3S/c1-17-25-19(16-32-17)15-31-20-8-3-2-7-18(20)10-11-22(29)24-12-6-14-28-23(30)27-13-5-4-9-21(27)26-28/h2-3,7-8,10-11,16H,4-6,9,12-15H2,1H3,(H,24,29). The van der Waals surface area contributed by atoms with E-state index >= 15 is 0 Å². The zero-order valence-electron chi connectivity index (χ0n) is 18.1. The van der Waals surface area contributed by atoms with Crippen molar-refractivity contribution in [1.82, 2.24) is 24.6 Å². The Kier molecular flexibility index (Phi) is 7.16. The highest BCUT2D eigenvalue weighted by atomic mass is 32.1. The van der Waals surface area contributed by atoms with Crippen LogP contribution >= 0.6 is 11.3 Å². The highest BCUT2D eigenvalue weighted by molar-refractivity contribution is 7.09. The minimum absolute atomic E-state index is 0.0460. The second-order valence-corrected chi connectivity index (χ2v) is 8.76. The maximum atomic E-state index is 12.3. The number of hydrogen-bond donors (Lipinski definition) is 1. The number of rotatable bonds is 9. The van der Waals surface area contributed by atoms with E-state index in [4.69, 9.17) is 4.74 Å². The summed E-state index contributed by atoms with van der Waals surface area (Å²) in [6.07, 6.45) is 6.85. The number of carbonyl (C=O) groups is 1. The van der Waals surface area contributed by atoms with Crippen LogP contribution in [0.3, 0.4) is 0 Å². The summed E-state index contributed by atoms with van der Waals surface area (Å²) in [4.78, 5) is 28.9. The van der Waals surface area contributed by atoms with Gasteiger partial charge in [0.1, 0.15) is 18.2 Å². The maximum absolute atomic E-state index is 12.3. The Bertz CT molecular complexity index is 1160. The lowest BCUT2D eigenvalue weighted by Gasteiger charge is -2.09. The minimum Gasteiger partial charge on any atom is -0.487 e. The smallest absolute Gasteiger partial charge is 0.345 e. The molecule has 3 aromatic rings. The van der Waals surface area contributed by atoms with Gasteiger partial charge in [0, 0.05) is 43.1 Å². The van der Waals surface area contributed by atoms with Gasteiger partial charge in [-0.25, -0.2) is 14.5 Å². The Labute approximate surface area is 190 Å². The van der Waals surface area contributed by atoms with Crippen molar-refractivity contribution in [3.05, 3.63) is 68.3 Å². The average molecular weight is 454 g/mol. The summed E-state index contributed by atoms with van der Waals surface area (Å²) >= 11 is 1.59. The van der Waals surface area contributed by atoms with Crippen LogP contribution in [0.25, 0.3) is 6.08 Å². The van der Waals surface area contributed by atoms with Crippen LogP contribution in [0, 0.1) is 6.92 Å². The van der Waals surface area contributed by atoms with Crippen LogP contribution in [0.5, 0.6) is 5.75 Å². The molecule has 1 aliphatic heterocycles. The fraction of sp³-hybridized carbons (Fsp3) is 0.391. The Morgan fingerprint density at radius 3 is 3.00 bits per heavy atom. The van der Waals surface area contributed by atoms with Gasteiger partial charge in [0.25, 0.3) is 0 Å². The molecule has 4 rings (SSSR count). The van der Waals surface area contributed by atoms with Crippen molar-refractivity contribution in [3.63, 3.8) is 0 Å². The van der Waals surface area contributed by atoms with Crippen molar-refractivity contribution < 1.29 is 9.53 Å². The SMILES string of the molecule is Cc1nc(COc2ccccc2C=CC(=O)NCCCn2nc3n(c2=O)CCCC3)cs1. The summed E-state index contributed by atoms with van der Waals surface area (Å²) in [7, 11) is 0. The summed E-state index contributed by atoms with van der Waals surface area (Å²) < 4.78 is 9.16. The Hall–Kier alpha value is -3.20. The molecule has 9 heteroatoms. The lowest BCUT2D eigenvalue weighted by Crippen LogP contribution is -2.28. The van der Waals surface area contributed by atoms with Crippen molar-refractivity contribution in [2.24, 2.45) is 0 Å². The molecule has 1 N–H and O–H groups in total. The van der Waals surface area contributed by atoms with E-state index in [0.717, 1.165) is 47.9 Å². The van der Waals surface area contributed by atoms with Gasteiger partial charge < -0.3 is 10.1 Å². The number of fused-ring (bicyclic) bond motifs is 1. The van der Waals surface area contributed by atoms with E-state index in [-0.39, 0.29) is 11.6 Å². The second-order valence-electron chi connectivity index (χ2n) is 7.69. The van der Waals surface area contributed by atoms with Gasteiger partial charge in [0.15, 0.2) is 0 Å². The van der Waals surface area contributed by atoms with E-state index in [1.807, 2.05) is 36.6 Å². The first-order chi connectivity index (χ1) is 15.6. The van der Waals surface area contributed by atoms with Gasteiger partial charge in [-0.3, -0.25) is 9.36 Å². The molecule has 0 atom stereocenters. The zero-order chi connectivity index (χ0) is 22.3. The molecule has 3 heterocycles. The molecule has 168 valence electrons. The van der Waals surface area contributed by atoms with Crippen LogP contribution in [-0.4, -0.2) is 31.8 Å². The molecule has 0 fully saturated rings. The van der Waals surface area contributed by atoms with Crippen LogP contribution < -0.4 is 15.7 Å². The second kappa shape index (κ2) is 10.4.